The topological polar surface area (TPSA) is 79.8 Å². The van der Waals surface area contributed by atoms with Gasteiger partial charge in [0.15, 0.2) is 0 Å². The van der Waals surface area contributed by atoms with Crippen LogP contribution in [0.25, 0.3) is 0 Å². The predicted molar refractivity (Wildman–Crippen MR) is 109 cm³/mol. The molecular weight excluding hydrogens is 373 g/mol. The van der Waals surface area contributed by atoms with E-state index in [2.05, 4.69) is 21.8 Å². The summed E-state index contributed by atoms with van der Waals surface area (Å²) in [5.41, 5.74) is 3.43. The smallest absolute Gasteiger partial charge is 0.262 e. The second kappa shape index (κ2) is 10.6. The maximum absolute atomic E-state index is 13.0. The highest BCUT2D eigenvalue weighted by Gasteiger charge is 2.24. The molecule has 1 atom stereocenters. The molecule has 7 heteroatoms. The van der Waals surface area contributed by atoms with Crippen molar-refractivity contribution in [3.63, 3.8) is 0 Å². The van der Waals surface area contributed by atoms with Crippen LogP contribution in [0.5, 0.6) is 5.75 Å². The Morgan fingerprint density at radius 1 is 1.17 bits per heavy atom. The number of carbonyl (C=O) groups excluding carboxylic acids is 2. The molecule has 2 rings (SSSR count). The molecule has 0 saturated heterocycles. The summed E-state index contributed by atoms with van der Waals surface area (Å²) in [5.74, 6) is 1.47. The number of hydrogen-bond acceptors (Lipinski definition) is 4. The first-order valence-electron chi connectivity index (χ1n) is 8.96. The van der Waals surface area contributed by atoms with E-state index in [-0.39, 0.29) is 18.1 Å². The molecule has 0 spiro atoms. The molecule has 0 fully saturated rings. The fourth-order valence-electron chi connectivity index (χ4n) is 2.38. The number of nitrogens with zero attached hydrogens (tertiary/aromatic N) is 1. The van der Waals surface area contributed by atoms with Gasteiger partial charge in [-0.05, 0) is 60.0 Å². The van der Waals surface area contributed by atoms with Gasteiger partial charge in [0.25, 0.3) is 11.8 Å². The molecule has 1 unspecified atom stereocenters. The summed E-state index contributed by atoms with van der Waals surface area (Å²) in [5, 5.41) is 6.58. The van der Waals surface area contributed by atoms with Gasteiger partial charge < -0.3 is 10.1 Å². The first-order chi connectivity index (χ1) is 13.9. The molecule has 0 bridgehead atoms. The number of amides is 2. The van der Waals surface area contributed by atoms with Gasteiger partial charge >= 0.3 is 0 Å². The van der Waals surface area contributed by atoms with E-state index in [1.54, 1.807) is 38.1 Å². The fourth-order valence-corrected chi connectivity index (χ4v) is 2.38. The van der Waals surface area contributed by atoms with Crippen molar-refractivity contribution in [2.45, 2.75) is 19.9 Å². The van der Waals surface area contributed by atoms with Gasteiger partial charge in [0.2, 0.25) is 0 Å². The Morgan fingerprint density at radius 2 is 1.83 bits per heavy atom. The van der Waals surface area contributed by atoms with Crippen LogP contribution in [0.15, 0.2) is 53.6 Å². The summed E-state index contributed by atoms with van der Waals surface area (Å²) < 4.78 is 18.3. The third-order valence-corrected chi connectivity index (χ3v) is 3.93. The Kier molecular flexibility index (Phi) is 7.92. The number of rotatable bonds is 8. The second-order valence-corrected chi connectivity index (χ2v) is 6.50. The molecule has 0 heterocycles. The minimum absolute atomic E-state index is 0.179. The van der Waals surface area contributed by atoms with Gasteiger partial charge in [-0.1, -0.05) is 19.8 Å². The number of halogens is 1. The van der Waals surface area contributed by atoms with Gasteiger partial charge in [0, 0.05) is 5.56 Å². The number of terminal acetylenes is 1. The van der Waals surface area contributed by atoms with E-state index in [0.29, 0.717) is 5.75 Å². The molecule has 0 aliphatic carbocycles. The zero-order chi connectivity index (χ0) is 21.2. The van der Waals surface area contributed by atoms with Crippen LogP contribution >= 0.6 is 0 Å². The molecule has 0 aliphatic heterocycles. The summed E-state index contributed by atoms with van der Waals surface area (Å²) in [6.07, 6.45) is 6.61. The highest BCUT2D eigenvalue weighted by molar-refractivity contribution is 5.97. The van der Waals surface area contributed by atoms with Crippen molar-refractivity contribution in [1.29, 1.82) is 0 Å². The van der Waals surface area contributed by atoms with Crippen LogP contribution in [0, 0.1) is 24.1 Å². The molecule has 150 valence electrons. The molecule has 0 saturated carbocycles. The molecular formula is C22H22FN3O3. The Bertz CT molecular complexity index is 900. The van der Waals surface area contributed by atoms with Crippen molar-refractivity contribution >= 4 is 18.0 Å². The van der Waals surface area contributed by atoms with Crippen molar-refractivity contribution < 1.29 is 18.7 Å². The predicted octanol–water partition coefficient (Wildman–Crippen LogP) is 2.74. The lowest BCUT2D eigenvalue weighted by atomic mass is 10.0. The van der Waals surface area contributed by atoms with E-state index in [1.165, 1.54) is 30.5 Å². The molecule has 6 nitrogen and oxygen atoms in total. The van der Waals surface area contributed by atoms with Crippen LogP contribution in [0.4, 0.5) is 4.39 Å². The molecule has 0 aliphatic rings. The first kappa shape index (κ1) is 21.6. The van der Waals surface area contributed by atoms with E-state index in [9.17, 15) is 14.0 Å². The average molecular weight is 395 g/mol. The van der Waals surface area contributed by atoms with E-state index in [1.807, 2.05) is 0 Å². The lowest BCUT2D eigenvalue weighted by Crippen LogP contribution is -2.48. The summed E-state index contributed by atoms with van der Waals surface area (Å²) in [7, 11) is 0. The van der Waals surface area contributed by atoms with Gasteiger partial charge in [-0.3, -0.25) is 9.59 Å². The summed E-state index contributed by atoms with van der Waals surface area (Å²) in [6, 6.07) is 11.3. The summed E-state index contributed by atoms with van der Waals surface area (Å²) in [4.78, 5) is 24.7. The SMILES string of the molecule is C#CCOc1ccc(C=NNC(=O)C(NC(=O)c2ccc(F)cc2)C(C)C)cc1. The zero-order valence-corrected chi connectivity index (χ0v) is 16.2. The lowest BCUT2D eigenvalue weighted by molar-refractivity contribution is -0.123. The maximum Gasteiger partial charge on any atom is 0.262 e. The normalized spacial score (nSPS) is 11.7. The van der Waals surface area contributed by atoms with E-state index in [0.717, 1.165) is 5.56 Å². The van der Waals surface area contributed by atoms with E-state index in [4.69, 9.17) is 11.2 Å². The number of ether oxygens (including phenoxy) is 1. The van der Waals surface area contributed by atoms with Gasteiger partial charge in [-0.25, -0.2) is 9.82 Å². The molecule has 0 radical (unpaired) electrons. The van der Waals surface area contributed by atoms with Crippen LogP contribution in [-0.2, 0) is 4.79 Å². The third kappa shape index (κ3) is 6.78. The minimum Gasteiger partial charge on any atom is -0.481 e. The fraction of sp³-hybridized carbons (Fsp3) is 0.227. The van der Waals surface area contributed by atoms with Gasteiger partial charge in [0.1, 0.15) is 24.2 Å². The van der Waals surface area contributed by atoms with Gasteiger partial charge in [-0.15, -0.1) is 6.42 Å². The van der Waals surface area contributed by atoms with Crippen LogP contribution < -0.4 is 15.5 Å². The van der Waals surface area contributed by atoms with Gasteiger partial charge in [0.05, 0.1) is 6.21 Å². The average Bonchev–Trinajstić information content (AvgIpc) is 2.71. The van der Waals surface area contributed by atoms with Crippen molar-refractivity contribution in [3.8, 4) is 18.1 Å². The van der Waals surface area contributed by atoms with Crippen LogP contribution in [0.2, 0.25) is 0 Å². The number of carbonyl (C=O) groups is 2. The zero-order valence-electron chi connectivity index (χ0n) is 16.2. The highest BCUT2D eigenvalue weighted by atomic mass is 19.1. The molecule has 2 aromatic rings. The number of benzene rings is 2. The second-order valence-electron chi connectivity index (χ2n) is 6.50. The molecule has 2 N–H and O–H groups in total. The molecule has 2 aromatic carbocycles. The lowest BCUT2D eigenvalue weighted by Gasteiger charge is -2.20. The number of hydrazone groups is 1. The van der Waals surface area contributed by atoms with Crippen LogP contribution in [0.1, 0.15) is 29.8 Å². The number of hydrogen-bond donors (Lipinski definition) is 2. The van der Waals surface area contributed by atoms with E-state index >= 15 is 0 Å². The van der Waals surface area contributed by atoms with Crippen LogP contribution in [0.3, 0.4) is 0 Å². The standard InChI is InChI=1S/C22H22FN3O3/c1-4-13-29-19-11-5-16(6-12-19)14-24-26-22(28)20(15(2)3)25-21(27)17-7-9-18(23)10-8-17/h1,5-12,14-15,20H,13H2,2-3H3,(H,25,27)(H,26,28). The summed E-state index contributed by atoms with van der Waals surface area (Å²) in [6.45, 7) is 3.78. The highest BCUT2D eigenvalue weighted by Crippen LogP contribution is 2.11. The van der Waals surface area contributed by atoms with Crippen molar-refractivity contribution in [2.24, 2.45) is 11.0 Å². The summed E-state index contributed by atoms with van der Waals surface area (Å²) >= 11 is 0. The van der Waals surface area contributed by atoms with Crippen molar-refractivity contribution in [2.75, 3.05) is 6.61 Å². The monoisotopic (exact) mass is 395 g/mol. The molecule has 29 heavy (non-hydrogen) atoms. The Morgan fingerprint density at radius 3 is 2.41 bits per heavy atom. The Balaban J connectivity index is 1.95. The largest absolute Gasteiger partial charge is 0.481 e. The Hall–Kier alpha value is -3.66. The first-order valence-corrected chi connectivity index (χ1v) is 8.96. The number of nitrogens with one attached hydrogen (secondary N) is 2. The molecule has 2 amide bonds. The van der Waals surface area contributed by atoms with Gasteiger partial charge in [-0.2, -0.15) is 5.10 Å². The third-order valence-electron chi connectivity index (χ3n) is 3.93. The Labute approximate surface area is 169 Å². The van der Waals surface area contributed by atoms with Crippen molar-refractivity contribution in [1.82, 2.24) is 10.7 Å². The van der Waals surface area contributed by atoms with E-state index < -0.39 is 23.7 Å². The molecule has 0 aromatic heterocycles. The maximum atomic E-state index is 13.0. The quantitative estimate of drug-likeness (QED) is 0.410. The van der Waals surface area contributed by atoms with Crippen molar-refractivity contribution in [3.05, 3.63) is 65.5 Å². The van der Waals surface area contributed by atoms with Crippen LogP contribution in [-0.4, -0.2) is 30.7 Å². The minimum atomic E-state index is -0.802.